The van der Waals surface area contributed by atoms with E-state index in [4.69, 9.17) is 0 Å². The predicted octanol–water partition coefficient (Wildman–Crippen LogP) is 4.61. The maximum Gasteiger partial charge on any atom is 0.179 e. The van der Waals surface area contributed by atoms with E-state index in [-0.39, 0.29) is 11.9 Å². The summed E-state index contributed by atoms with van der Waals surface area (Å²) in [5.74, 6) is -0.207. The smallest absolute Gasteiger partial charge is 0.179 e. The molecule has 0 spiro atoms. The maximum absolute atomic E-state index is 13.6. The van der Waals surface area contributed by atoms with Crippen molar-refractivity contribution in [3.8, 4) is 0 Å². The monoisotopic (exact) mass is 343 g/mol. The van der Waals surface area contributed by atoms with Crippen LogP contribution in [-0.2, 0) is 0 Å². The second kappa shape index (κ2) is 8.12. The van der Waals surface area contributed by atoms with Crippen LogP contribution in [0, 0.1) is 5.82 Å². The highest BCUT2D eigenvalue weighted by atomic mass is 32.2. The Morgan fingerprint density at radius 2 is 2.10 bits per heavy atom. The highest BCUT2D eigenvalue weighted by Crippen LogP contribution is 2.36. The average molecular weight is 344 g/mol. The Morgan fingerprint density at radius 3 is 2.76 bits per heavy atom. The molecule has 1 N–H and O–H groups in total. The molecule has 2 aromatic rings. The van der Waals surface area contributed by atoms with Crippen LogP contribution in [0.25, 0.3) is 0 Å². The normalized spacial score (nSPS) is 12.6. The van der Waals surface area contributed by atoms with Gasteiger partial charge in [-0.2, -0.15) is 0 Å². The van der Waals surface area contributed by atoms with E-state index >= 15 is 0 Å². The molecule has 0 amide bonds. The first-order valence-electron chi connectivity index (χ1n) is 6.72. The summed E-state index contributed by atoms with van der Waals surface area (Å²) in [5, 5.41) is 11.7. The first-order valence-corrected chi connectivity index (χ1v) is 9.58. The van der Waals surface area contributed by atoms with E-state index < -0.39 is 0 Å². The molecule has 0 fully saturated rings. The molecule has 0 aliphatic heterocycles. The molecule has 0 bridgehead atoms. The van der Waals surface area contributed by atoms with Crippen LogP contribution in [0.3, 0.4) is 0 Å². The van der Waals surface area contributed by atoms with Gasteiger partial charge in [0.15, 0.2) is 8.68 Å². The predicted molar refractivity (Wildman–Crippen MR) is 88.9 cm³/mol. The van der Waals surface area contributed by atoms with E-state index in [1.165, 1.54) is 6.07 Å². The molecule has 0 saturated heterocycles. The van der Waals surface area contributed by atoms with Gasteiger partial charge in [-0.15, -0.1) is 10.2 Å². The number of benzene rings is 1. The van der Waals surface area contributed by atoms with Gasteiger partial charge in [0, 0.05) is 10.9 Å². The third kappa shape index (κ3) is 4.67. The Kier molecular flexibility index (Phi) is 6.47. The van der Waals surface area contributed by atoms with Gasteiger partial charge < -0.3 is 5.32 Å². The minimum Gasteiger partial charge on any atom is -0.310 e. The van der Waals surface area contributed by atoms with Gasteiger partial charge in [-0.3, -0.25) is 0 Å². The largest absolute Gasteiger partial charge is 0.310 e. The average Bonchev–Trinajstić information content (AvgIpc) is 2.94. The molecule has 1 heterocycles. The molecule has 0 saturated carbocycles. The van der Waals surface area contributed by atoms with Crippen LogP contribution in [0.2, 0.25) is 0 Å². The molecule has 0 aliphatic carbocycles. The van der Waals surface area contributed by atoms with Crippen LogP contribution in [-0.4, -0.2) is 23.0 Å². The fourth-order valence-electron chi connectivity index (χ4n) is 1.84. The topological polar surface area (TPSA) is 37.8 Å². The van der Waals surface area contributed by atoms with Crippen LogP contribution in [0.5, 0.6) is 0 Å². The molecule has 7 heteroatoms. The fourth-order valence-corrected chi connectivity index (χ4v) is 4.43. The number of hydrogen-bond donors (Lipinski definition) is 1. The SMILES string of the molecule is CCCNC(C)c1cc(F)ccc1Sc1nnc(SC)s1. The van der Waals surface area contributed by atoms with Crippen molar-refractivity contribution in [3.63, 3.8) is 0 Å². The third-order valence-electron chi connectivity index (χ3n) is 2.90. The second-order valence-corrected chi connectivity index (χ2v) is 7.82. The Balaban J connectivity index is 2.21. The molecule has 0 radical (unpaired) electrons. The molecule has 1 atom stereocenters. The Morgan fingerprint density at radius 1 is 1.33 bits per heavy atom. The van der Waals surface area contributed by atoms with E-state index in [1.54, 1.807) is 40.9 Å². The van der Waals surface area contributed by atoms with Gasteiger partial charge in [0.1, 0.15) is 5.82 Å². The number of thioether (sulfide) groups is 1. The minimum absolute atomic E-state index is 0.107. The number of aromatic nitrogens is 2. The van der Waals surface area contributed by atoms with Crippen LogP contribution in [0.15, 0.2) is 31.8 Å². The van der Waals surface area contributed by atoms with E-state index in [1.807, 2.05) is 12.3 Å². The summed E-state index contributed by atoms with van der Waals surface area (Å²) < 4.78 is 15.4. The lowest BCUT2D eigenvalue weighted by Gasteiger charge is -2.17. The summed E-state index contributed by atoms with van der Waals surface area (Å²) in [6.45, 7) is 5.09. The molecule has 114 valence electrons. The zero-order chi connectivity index (χ0) is 15.2. The van der Waals surface area contributed by atoms with Crippen molar-refractivity contribution in [1.82, 2.24) is 15.5 Å². The lowest BCUT2D eigenvalue weighted by Crippen LogP contribution is -2.20. The third-order valence-corrected chi connectivity index (χ3v) is 5.94. The molecule has 1 aromatic heterocycles. The number of rotatable bonds is 7. The molecule has 21 heavy (non-hydrogen) atoms. The standard InChI is InChI=1S/C14H18FN3S3/c1-4-7-16-9(2)11-8-10(15)5-6-12(11)20-14-18-17-13(19-3)21-14/h5-6,8-9,16H,4,7H2,1-3H3. The number of hydrogen-bond acceptors (Lipinski definition) is 6. The van der Waals surface area contributed by atoms with Crippen molar-refractivity contribution < 1.29 is 4.39 Å². The van der Waals surface area contributed by atoms with Crippen molar-refractivity contribution in [3.05, 3.63) is 29.6 Å². The number of nitrogens with one attached hydrogen (secondary N) is 1. The fraction of sp³-hybridized carbons (Fsp3) is 0.429. The first kappa shape index (κ1) is 16.7. The van der Waals surface area contributed by atoms with E-state index in [0.717, 1.165) is 32.1 Å². The van der Waals surface area contributed by atoms with Gasteiger partial charge in [-0.05, 0) is 49.9 Å². The second-order valence-electron chi connectivity index (χ2n) is 4.50. The van der Waals surface area contributed by atoms with Crippen LogP contribution in [0.4, 0.5) is 4.39 Å². The zero-order valence-corrected chi connectivity index (χ0v) is 14.7. The van der Waals surface area contributed by atoms with Crippen LogP contribution < -0.4 is 5.32 Å². The van der Waals surface area contributed by atoms with Crippen molar-refractivity contribution in [2.45, 2.75) is 39.9 Å². The van der Waals surface area contributed by atoms with Gasteiger partial charge >= 0.3 is 0 Å². The molecular weight excluding hydrogens is 325 g/mol. The summed E-state index contributed by atoms with van der Waals surface area (Å²) in [6, 6.07) is 5.02. The molecule has 1 aromatic carbocycles. The van der Waals surface area contributed by atoms with Gasteiger partial charge in [-0.25, -0.2) is 4.39 Å². The maximum atomic E-state index is 13.6. The van der Waals surface area contributed by atoms with Crippen LogP contribution in [0.1, 0.15) is 31.9 Å². The first-order chi connectivity index (χ1) is 10.1. The summed E-state index contributed by atoms with van der Waals surface area (Å²) >= 11 is 4.69. The van der Waals surface area contributed by atoms with Gasteiger partial charge in [0.25, 0.3) is 0 Å². The van der Waals surface area contributed by atoms with Crippen molar-refractivity contribution in [2.24, 2.45) is 0 Å². The molecule has 2 rings (SSSR count). The Hall–Kier alpha value is -0.630. The Labute approximate surface area is 137 Å². The highest BCUT2D eigenvalue weighted by Gasteiger charge is 2.14. The summed E-state index contributed by atoms with van der Waals surface area (Å²) in [5.41, 5.74) is 0.967. The number of nitrogens with zero attached hydrogens (tertiary/aromatic N) is 2. The highest BCUT2D eigenvalue weighted by molar-refractivity contribution is 8.03. The van der Waals surface area contributed by atoms with Gasteiger partial charge in [-0.1, -0.05) is 41.8 Å². The molecule has 0 aliphatic rings. The van der Waals surface area contributed by atoms with E-state index in [9.17, 15) is 4.39 Å². The van der Waals surface area contributed by atoms with E-state index in [0.29, 0.717) is 0 Å². The van der Waals surface area contributed by atoms with Crippen molar-refractivity contribution in [1.29, 1.82) is 0 Å². The summed E-state index contributed by atoms with van der Waals surface area (Å²) in [6.07, 6.45) is 3.03. The quantitative estimate of drug-likeness (QED) is 0.743. The Bertz CT molecular complexity index is 589. The van der Waals surface area contributed by atoms with Gasteiger partial charge in [0.2, 0.25) is 0 Å². The zero-order valence-electron chi connectivity index (χ0n) is 12.2. The summed E-state index contributed by atoms with van der Waals surface area (Å²) in [7, 11) is 0. The molecule has 3 nitrogen and oxygen atoms in total. The summed E-state index contributed by atoms with van der Waals surface area (Å²) in [4.78, 5) is 1.02. The van der Waals surface area contributed by atoms with Crippen molar-refractivity contribution >= 4 is 34.9 Å². The molecular formula is C14H18FN3S3. The van der Waals surface area contributed by atoms with Crippen molar-refractivity contribution in [2.75, 3.05) is 12.8 Å². The minimum atomic E-state index is -0.207. The molecule has 1 unspecified atom stereocenters. The van der Waals surface area contributed by atoms with Gasteiger partial charge in [0.05, 0.1) is 0 Å². The van der Waals surface area contributed by atoms with Crippen LogP contribution >= 0.6 is 34.9 Å². The van der Waals surface area contributed by atoms with E-state index in [2.05, 4.69) is 29.4 Å². The lowest BCUT2D eigenvalue weighted by atomic mass is 10.1. The lowest BCUT2D eigenvalue weighted by molar-refractivity contribution is 0.554. The number of halogens is 1.